The summed E-state index contributed by atoms with van der Waals surface area (Å²) in [7, 11) is 0. The molecule has 1 amide bonds. The van der Waals surface area contributed by atoms with E-state index in [2.05, 4.69) is 6.92 Å². The van der Waals surface area contributed by atoms with Crippen molar-refractivity contribution in [2.45, 2.75) is 25.9 Å². The Kier molecular flexibility index (Phi) is 4.01. The number of ether oxygens (including phenoxy) is 2. The molecule has 5 heteroatoms. The Labute approximate surface area is 124 Å². The minimum atomic E-state index is -0.698. The van der Waals surface area contributed by atoms with Crippen molar-refractivity contribution in [3.63, 3.8) is 0 Å². The molecular weight excluding hydrogens is 270 g/mol. The van der Waals surface area contributed by atoms with Gasteiger partial charge in [-0.15, -0.1) is 0 Å². The molecule has 2 heterocycles. The van der Waals surface area contributed by atoms with Crippen LogP contribution in [0.25, 0.3) is 0 Å². The number of carbonyl (C=O) groups excluding carboxylic acids is 1. The Morgan fingerprint density at radius 1 is 1.33 bits per heavy atom. The van der Waals surface area contributed by atoms with Crippen LogP contribution >= 0.6 is 0 Å². The maximum absolute atomic E-state index is 11.8. The van der Waals surface area contributed by atoms with Crippen LogP contribution in [0.15, 0.2) is 18.2 Å². The van der Waals surface area contributed by atoms with E-state index in [0.717, 1.165) is 18.5 Å². The van der Waals surface area contributed by atoms with Gasteiger partial charge < -0.3 is 19.5 Å². The molecule has 1 N–H and O–H groups in total. The lowest BCUT2D eigenvalue weighted by Gasteiger charge is -2.21. The number of rotatable bonds is 3. The van der Waals surface area contributed by atoms with Crippen LogP contribution in [0, 0.1) is 5.92 Å². The van der Waals surface area contributed by atoms with E-state index >= 15 is 0 Å². The number of benzene rings is 1. The molecule has 3 rings (SSSR count). The molecule has 21 heavy (non-hydrogen) atoms. The van der Waals surface area contributed by atoms with Crippen molar-refractivity contribution in [3.8, 4) is 11.5 Å². The van der Waals surface area contributed by atoms with Crippen molar-refractivity contribution in [1.29, 1.82) is 0 Å². The summed E-state index contributed by atoms with van der Waals surface area (Å²) in [6, 6.07) is 5.48. The first-order valence-electron chi connectivity index (χ1n) is 7.49. The maximum atomic E-state index is 11.8. The van der Waals surface area contributed by atoms with E-state index in [9.17, 15) is 9.90 Å². The quantitative estimate of drug-likeness (QED) is 0.921. The van der Waals surface area contributed by atoms with Gasteiger partial charge >= 0.3 is 0 Å². The summed E-state index contributed by atoms with van der Waals surface area (Å²) in [5.41, 5.74) is 0.756. The molecule has 0 aromatic heterocycles. The first-order valence-corrected chi connectivity index (χ1v) is 7.49. The number of fused-ring (bicyclic) bond motifs is 1. The van der Waals surface area contributed by atoms with Crippen LogP contribution in [0.3, 0.4) is 0 Å². The van der Waals surface area contributed by atoms with Crippen molar-refractivity contribution in [2.24, 2.45) is 5.92 Å². The number of nitrogens with zero attached hydrogens (tertiary/aromatic N) is 1. The van der Waals surface area contributed by atoms with Gasteiger partial charge in [0.15, 0.2) is 11.5 Å². The Hall–Kier alpha value is -1.75. The number of hydrogen-bond acceptors (Lipinski definition) is 4. The summed E-state index contributed by atoms with van der Waals surface area (Å²) in [4.78, 5) is 13.5. The highest BCUT2D eigenvalue weighted by Gasteiger charge is 2.28. The fourth-order valence-electron chi connectivity index (χ4n) is 2.85. The van der Waals surface area contributed by atoms with Gasteiger partial charge in [-0.25, -0.2) is 0 Å². The van der Waals surface area contributed by atoms with Crippen LogP contribution in [-0.2, 0) is 4.79 Å². The average molecular weight is 291 g/mol. The van der Waals surface area contributed by atoms with Gasteiger partial charge in [0.05, 0.1) is 25.9 Å². The first kappa shape index (κ1) is 14.2. The molecule has 1 saturated heterocycles. The molecule has 2 aliphatic rings. The van der Waals surface area contributed by atoms with Crippen LogP contribution < -0.4 is 9.47 Å². The van der Waals surface area contributed by atoms with Gasteiger partial charge in [-0.1, -0.05) is 13.0 Å². The molecule has 1 aromatic rings. The molecule has 2 aliphatic heterocycles. The minimum absolute atomic E-state index is 0.121. The van der Waals surface area contributed by atoms with Gasteiger partial charge in [-0.3, -0.25) is 4.79 Å². The SMILES string of the molecule is CC1CC(=O)N(CC(O)c2ccc3c(c2)OCCCO3)C1. The fraction of sp³-hybridized carbons (Fsp3) is 0.562. The van der Waals surface area contributed by atoms with Crippen molar-refractivity contribution < 1.29 is 19.4 Å². The van der Waals surface area contributed by atoms with Crippen molar-refractivity contribution >= 4 is 5.91 Å². The molecule has 5 nitrogen and oxygen atoms in total. The zero-order valence-corrected chi connectivity index (χ0v) is 12.2. The monoisotopic (exact) mass is 291 g/mol. The predicted octanol–water partition coefficient (Wildman–Crippen LogP) is 1.75. The van der Waals surface area contributed by atoms with Gasteiger partial charge in [0.25, 0.3) is 0 Å². The molecule has 0 saturated carbocycles. The molecule has 1 fully saturated rings. The zero-order valence-electron chi connectivity index (χ0n) is 12.2. The average Bonchev–Trinajstić information content (AvgIpc) is 2.67. The maximum Gasteiger partial charge on any atom is 0.223 e. The topological polar surface area (TPSA) is 59.0 Å². The Morgan fingerprint density at radius 3 is 2.81 bits per heavy atom. The Bertz CT molecular complexity index is 531. The summed E-state index contributed by atoms with van der Waals surface area (Å²) in [5, 5.41) is 10.4. The second-order valence-electron chi connectivity index (χ2n) is 5.88. The second-order valence-corrected chi connectivity index (χ2v) is 5.88. The molecular formula is C16H21NO4. The van der Waals surface area contributed by atoms with Gasteiger partial charge in [-0.05, 0) is 23.6 Å². The number of β-amino-alcohol motifs (C(OH)–C–C–N with tert-alkyl or cyclic N) is 1. The number of hydrogen-bond donors (Lipinski definition) is 1. The van der Waals surface area contributed by atoms with Crippen LogP contribution in [0.4, 0.5) is 0 Å². The second kappa shape index (κ2) is 5.93. The van der Waals surface area contributed by atoms with Gasteiger partial charge in [0, 0.05) is 19.4 Å². The summed E-state index contributed by atoms with van der Waals surface area (Å²) < 4.78 is 11.2. The van der Waals surface area contributed by atoms with Crippen LogP contribution in [-0.4, -0.2) is 42.2 Å². The van der Waals surface area contributed by atoms with E-state index in [0.29, 0.717) is 43.6 Å². The normalized spacial score (nSPS) is 23.0. The fourth-order valence-corrected chi connectivity index (χ4v) is 2.85. The molecule has 2 atom stereocenters. The lowest BCUT2D eigenvalue weighted by atomic mass is 10.1. The Balaban J connectivity index is 1.71. The smallest absolute Gasteiger partial charge is 0.223 e. The molecule has 1 aromatic carbocycles. The van der Waals surface area contributed by atoms with Crippen molar-refractivity contribution in [1.82, 2.24) is 4.90 Å². The molecule has 0 spiro atoms. The predicted molar refractivity (Wildman–Crippen MR) is 77.4 cm³/mol. The summed E-state index contributed by atoms with van der Waals surface area (Å²) in [6.45, 7) is 4.38. The summed E-state index contributed by atoms with van der Waals surface area (Å²) in [5.74, 6) is 1.88. The molecule has 114 valence electrons. The number of carbonyl (C=O) groups is 1. The molecule has 2 unspecified atom stereocenters. The van der Waals surface area contributed by atoms with Crippen LogP contribution in [0.2, 0.25) is 0 Å². The third-order valence-electron chi connectivity index (χ3n) is 3.96. The van der Waals surface area contributed by atoms with E-state index in [1.54, 1.807) is 4.90 Å². The highest BCUT2D eigenvalue weighted by atomic mass is 16.5. The number of aliphatic hydroxyl groups is 1. The molecule has 0 bridgehead atoms. The van der Waals surface area contributed by atoms with E-state index in [1.807, 2.05) is 18.2 Å². The van der Waals surface area contributed by atoms with E-state index in [1.165, 1.54) is 0 Å². The van der Waals surface area contributed by atoms with Crippen molar-refractivity contribution in [2.75, 3.05) is 26.3 Å². The third kappa shape index (κ3) is 3.13. The number of likely N-dealkylation sites (tertiary alicyclic amines) is 1. The molecule has 0 radical (unpaired) electrons. The third-order valence-corrected chi connectivity index (χ3v) is 3.96. The summed E-state index contributed by atoms with van der Waals surface area (Å²) >= 11 is 0. The molecule has 0 aliphatic carbocycles. The summed E-state index contributed by atoms with van der Waals surface area (Å²) in [6.07, 6.45) is 0.733. The number of aliphatic hydroxyl groups excluding tert-OH is 1. The largest absolute Gasteiger partial charge is 0.490 e. The Morgan fingerprint density at radius 2 is 2.10 bits per heavy atom. The standard InChI is InChI=1S/C16H21NO4/c1-11-7-16(19)17(9-11)10-13(18)12-3-4-14-15(8-12)21-6-2-5-20-14/h3-4,8,11,13,18H,2,5-7,9-10H2,1H3. The van der Waals surface area contributed by atoms with Crippen LogP contribution in [0.5, 0.6) is 11.5 Å². The van der Waals surface area contributed by atoms with Gasteiger partial charge in [0.2, 0.25) is 5.91 Å². The van der Waals surface area contributed by atoms with Gasteiger partial charge in [-0.2, -0.15) is 0 Å². The lowest BCUT2D eigenvalue weighted by molar-refractivity contribution is -0.129. The van der Waals surface area contributed by atoms with E-state index in [-0.39, 0.29) is 5.91 Å². The zero-order chi connectivity index (χ0) is 14.8. The minimum Gasteiger partial charge on any atom is -0.490 e. The van der Waals surface area contributed by atoms with Crippen LogP contribution in [0.1, 0.15) is 31.4 Å². The van der Waals surface area contributed by atoms with Gasteiger partial charge in [0.1, 0.15) is 0 Å². The highest BCUT2D eigenvalue weighted by Crippen LogP contribution is 2.33. The first-order chi connectivity index (χ1) is 10.1. The van der Waals surface area contributed by atoms with E-state index < -0.39 is 6.10 Å². The lowest BCUT2D eigenvalue weighted by Crippen LogP contribution is -2.30. The number of amides is 1. The highest BCUT2D eigenvalue weighted by molar-refractivity contribution is 5.78. The van der Waals surface area contributed by atoms with Crippen molar-refractivity contribution in [3.05, 3.63) is 23.8 Å². The van der Waals surface area contributed by atoms with E-state index in [4.69, 9.17) is 9.47 Å².